The molecule has 0 aromatic carbocycles. The zero-order valence-electron chi connectivity index (χ0n) is 14.3. The fourth-order valence-electron chi connectivity index (χ4n) is 3.43. The molecule has 1 amide bonds. The van der Waals surface area contributed by atoms with Gasteiger partial charge in [-0.05, 0) is 51.2 Å². The molecule has 3 heterocycles. The number of aliphatic hydroxyl groups is 1. The molecule has 1 fully saturated rings. The van der Waals surface area contributed by atoms with Crippen molar-refractivity contribution in [1.29, 1.82) is 0 Å². The number of amides is 1. The van der Waals surface area contributed by atoms with E-state index in [1.807, 2.05) is 43.1 Å². The number of hydrogen-bond acceptors (Lipinski definition) is 3. The summed E-state index contributed by atoms with van der Waals surface area (Å²) < 4.78 is 0. The third-order valence-electron chi connectivity index (χ3n) is 4.60. The number of piperidine rings is 1. The summed E-state index contributed by atoms with van der Waals surface area (Å²) in [5.41, 5.74) is 1.96. The average Bonchev–Trinajstić information content (AvgIpc) is 3.04. The molecule has 0 spiro atoms. The lowest BCUT2D eigenvalue weighted by molar-refractivity contribution is 0.0357. The first-order valence-corrected chi connectivity index (χ1v) is 8.53. The van der Waals surface area contributed by atoms with Gasteiger partial charge in [0.1, 0.15) is 5.69 Å². The molecule has 1 saturated heterocycles. The van der Waals surface area contributed by atoms with E-state index in [1.54, 1.807) is 12.4 Å². The van der Waals surface area contributed by atoms with Crippen molar-refractivity contribution in [2.45, 2.75) is 38.7 Å². The van der Waals surface area contributed by atoms with Crippen molar-refractivity contribution in [3.05, 3.63) is 42.5 Å². The fourth-order valence-corrected chi connectivity index (χ4v) is 3.43. The molecule has 0 saturated carbocycles. The molecule has 0 unspecified atom stereocenters. The number of hydrogen-bond donors (Lipinski definition) is 2. The molecule has 1 aliphatic rings. The number of rotatable bonds is 4. The van der Waals surface area contributed by atoms with E-state index in [2.05, 4.69) is 9.97 Å². The normalized spacial score (nSPS) is 16.4. The van der Waals surface area contributed by atoms with Gasteiger partial charge in [0.15, 0.2) is 0 Å². The smallest absolute Gasteiger partial charge is 0.270 e. The van der Waals surface area contributed by atoms with Gasteiger partial charge in [-0.1, -0.05) is 6.07 Å². The Hall–Kier alpha value is -2.14. The number of pyridine rings is 1. The topological polar surface area (TPSA) is 69.2 Å². The van der Waals surface area contributed by atoms with Gasteiger partial charge in [-0.25, -0.2) is 0 Å². The number of carbonyl (C=O) groups is 1. The molecular formula is C19H25N3O2. The van der Waals surface area contributed by atoms with Crippen LogP contribution in [-0.2, 0) is 0 Å². The summed E-state index contributed by atoms with van der Waals surface area (Å²) in [5, 5.41) is 9.94. The highest BCUT2D eigenvalue weighted by molar-refractivity contribution is 5.94. The van der Waals surface area contributed by atoms with Gasteiger partial charge in [0.25, 0.3) is 5.91 Å². The van der Waals surface area contributed by atoms with Crippen LogP contribution in [0, 0.1) is 5.92 Å². The van der Waals surface area contributed by atoms with Gasteiger partial charge in [0, 0.05) is 42.8 Å². The maximum absolute atomic E-state index is 12.7. The molecule has 5 nitrogen and oxygen atoms in total. The Bertz CT molecular complexity index is 680. The lowest BCUT2D eigenvalue weighted by atomic mass is 9.86. The molecule has 128 valence electrons. The summed E-state index contributed by atoms with van der Waals surface area (Å²) in [7, 11) is 0. The van der Waals surface area contributed by atoms with Crippen molar-refractivity contribution in [3.63, 3.8) is 0 Å². The standard InChI is InChI=1S/C19H25N3O2/c1-19(2,24)11-14-5-8-22(9-6-14)18(23)17-10-16(13-21-17)15-4-3-7-20-12-15/h3-4,7,10,12-14,21,24H,5-6,8-9,11H2,1-2H3. The molecular weight excluding hydrogens is 302 g/mol. The molecule has 2 aromatic rings. The van der Waals surface area contributed by atoms with Gasteiger partial charge in [-0.2, -0.15) is 0 Å². The number of nitrogens with zero attached hydrogens (tertiary/aromatic N) is 2. The minimum absolute atomic E-state index is 0.0480. The van der Waals surface area contributed by atoms with Crippen molar-refractivity contribution < 1.29 is 9.90 Å². The first kappa shape index (κ1) is 16.7. The summed E-state index contributed by atoms with van der Waals surface area (Å²) in [6.07, 6.45) is 8.07. The molecule has 2 N–H and O–H groups in total. The summed E-state index contributed by atoms with van der Waals surface area (Å²) >= 11 is 0. The molecule has 1 aliphatic heterocycles. The molecule has 0 radical (unpaired) electrons. The molecule has 3 rings (SSSR count). The van der Waals surface area contributed by atoms with Crippen LogP contribution < -0.4 is 0 Å². The summed E-state index contributed by atoms with van der Waals surface area (Å²) in [6.45, 7) is 5.20. The van der Waals surface area contributed by atoms with E-state index in [-0.39, 0.29) is 5.91 Å². The van der Waals surface area contributed by atoms with E-state index < -0.39 is 5.60 Å². The number of aromatic amines is 1. The zero-order valence-corrected chi connectivity index (χ0v) is 14.3. The zero-order chi connectivity index (χ0) is 17.2. The second kappa shape index (κ2) is 6.77. The Labute approximate surface area is 142 Å². The Balaban J connectivity index is 1.61. The second-order valence-electron chi connectivity index (χ2n) is 7.30. The minimum Gasteiger partial charge on any atom is -0.390 e. The Morgan fingerprint density at radius 1 is 1.38 bits per heavy atom. The Morgan fingerprint density at radius 2 is 2.12 bits per heavy atom. The van der Waals surface area contributed by atoms with E-state index in [9.17, 15) is 9.90 Å². The third kappa shape index (κ3) is 4.03. The maximum atomic E-state index is 12.7. The highest BCUT2D eigenvalue weighted by atomic mass is 16.3. The van der Waals surface area contributed by atoms with E-state index >= 15 is 0 Å². The quantitative estimate of drug-likeness (QED) is 0.906. The number of H-pyrrole nitrogens is 1. The van der Waals surface area contributed by atoms with Crippen LogP contribution in [0.2, 0.25) is 0 Å². The van der Waals surface area contributed by atoms with Gasteiger partial charge in [0.05, 0.1) is 5.60 Å². The number of likely N-dealkylation sites (tertiary alicyclic amines) is 1. The van der Waals surface area contributed by atoms with Crippen LogP contribution in [0.5, 0.6) is 0 Å². The molecule has 24 heavy (non-hydrogen) atoms. The number of aromatic nitrogens is 2. The predicted octanol–water partition coefficient (Wildman–Crippen LogP) is 3.09. The molecule has 0 bridgehead atoms. The monoisotopic (exact) mass is 327 g/mol. The van der Waals surface area contributed by atoms with Gasteiger partial charge < -0.3 is 15.0 Å². The molecule has 0 atom stereocenters. The van der Waals surface area contributed by atoms with Crippen LogP contribution in [0.1, 0.15) is 43.6 Å². The summed E-state index contributed by atoms with van der Waals surface area (Å²) in [5.74, 6) is 0.537. The first-order chi connectivity index (χ1) is 11.4. The lowest BCUT2D eigenvalue weighted by Crippen LogP contribution is -2.40. The first-order valence-electron chi connectivity index (χ1n) is 8.53. The van der Waals surface area contributed by atoms with Crippen molar-refractivity contribution in [2.75, 3.05) is 13.1 Å². The second-order valence-corrected chi connectivity index (χ2v) is 7.30. The van der Waals surface area contributed by atoms with E-state index in [1.165, 1.54) is 0 Å². The van der Waals surface area contributed by atoms with Gasteiger partial charge >= 0.3 is 0 Å². The van der Waals surface area contributed by atoms with Gasteiger partial charge in [-0.3, -0.25) is 9.78 Å². The van der Waals surface area contributed by atoms with Gasteiger partial charge in [-0.15, -0.1) is 0 Å². The fraction of sp³-hybridized carbons (Fsp3) is 0.474. The Kier molecular flexibility index (Phi) is 4.71. The van der Waals surface area contributed by atoms with Crippen LogP contribution in [0.25, 0.3) is 11.1 Å². The maximum Gasteiger partial charge on any atom is 0.270 e. The minimum atomic E-state index is -0.630. The van der Waals surface area contributed by atoms with E-state index in [0.717, 1.165) is 43.5 Å². The van der Waals surface area contributed by atoms with Crippen molar-refractivity contribution in [2.24, 2.45) is 5.92 Å². The average molecular weight is 327 g/mol. The van der Waals surface area contributed by atoms with Crippen LogP contribution in [0.15, 0.2) is 36.8 Å². The summed E-state index contributed by atoms with van der Waals surface area (Å²) in [6, 6.07) is 5.76. The lowest BCUT2D eigenvalue weighted by Gasteiger charge is -2.34. The molecule has 0 aliphatic carbocycles. The van der Waals surface area contributed by atoms with Crippen LogP contribution in [-0.4, -0.2) is 44.6 Å². The van der Waals surface area contributed by atoms with Crippen molar-refractivity contribution in [3.8, 4) is 11.1 Å². The largest absolute Gasteiger partial charge is 0.390 e. The van der Waals surface area contributed by atoms with E-state index in [0.29, 0.717) is 11.6 Å². The van der Waals surface area contributed by atoms with Crippen molar-refractivity contribution >= 4 is 5.91 Å². The van der Waals surface area contributed by atoms with Crippen LogP contribution >= 0.6 is 0 Å². The number of nitrogens with one attached hydrogen (secondary N) is 1. The third-order valence-corrected chi connectivity index (χ3v) is 4.60. The highest BCUT2D eigenvalue weighted by Crippen LogP contribution is 2.27. The van der Waals surface area contributed by atoms with E-state index in [4.69, 9.17) is 0 Å². The highest BCUT2D eigenvalue weighted by Gasteiger charge is 2.27. The van der Waals surface area contributed by atoms with Crippen LogP contribution in [0.4, 0.5) is 0 Å². The number of carbonyl (C=O) groups excluding carboxylic acids is 1. The predicted molar refractivity (Wildman–Crippen MR) is 93.6 cm³/mol. The SMILES string of the molecule is CC(C)(O)CC1CCN(C(=O)c2cc(-c3cccnc3)c[nH]2)CC1. The molecule has 5 heteroatoms. The summed E-state index contributed by atoms with van der Waals surface area (Å²) in [4.78, 5) is 21.8. The van der Waals surface area contributed by atoms with Crippen molar-refractivity contribution in [1.82, 2.24) is 14.9 Å². The Morgan fingerprint density at radius 3 is 2.75 bits per heavy atom. The van der Waals surface area contributed by atoms with Crippen LogP contribution in [0.3, 0.4) is 0 Å². The molecule has 2 aromatic heterocycles. The van der Waals surface area contributed by atoms with Gasteiger partial charge in [0.2, 0.25) is 0 Å².